The molecular weight excluding hydrogens is 230 g/mol. The number of ether oxygens (including phenoxy) is 1. The Hall–Kier alpha value is -1.73. The third-order valence-corrected chi connectivity index (χ3v) is 2.75. The van der Waals surface area contributed by atoms with Gasteiger partial charge in [-0.05, 0) is 31.8 Å². The summed E-state index contributed by atoms with van der Waals surface area (Å²) < 4.78 is 11.0. The van der Waals surface area contributed by atoms with Crippen LogP contribution < -0.4 is 4.74 Å². The van der Waals surface area contributed by atoms with Crippen molar-refractivity contribution in [2.75, 3.05) is 6.61 Å². The van der Waals surface area contributed by atoms with E-state index in [-0.39, 0.29) is 6.61 Å². The SMILES string of the molecule is C=C(O[Si](C)(C)C)c1cccc(OCC#N)c1. The van der Waals surface area contributed by atoms with Crippen LogP contribution in [-0.2, 0) is 4.43 Å². The summed E-state index contributed by atoms with van der Waals surface area (Å²) >= 11 is 0. The van der Waals surface area contributed by atoms with E-state index in [1.807, 2.05) is 30.3 Å². The minimum absolute atomic E-state index is 0.0464. The van der Waals surface area contributed by atoms with Gasteiger partial charge in [-0.2, -0.15) is 5.26 Å². The zero-order valence-corrected chi connectivity index (χ0v) is 11.5. The molecule has 0 N–H and O–H groups in total. The predicted octanol–water partition coefficient (Wildman–Crippen LogP) is 3.41. The monoisotopic (exact) mass is 247 g/mol. The van der Waals surface area contributed by atoms with Gasteiger partial charge in [-0.25, -0.2) is 0 Å². The molecule has 0 bridgehead atoms. The largest absolute Gasteiger partial charge is 0.544 e. The first-order chi connectivity index (χ1) is 7.92. The van der Waals surface area contributed by atoms with Gasteiger partial charge < -0.3 is 9.16 Å². The summed E-state index contributed by atoms with van der Waals surface area (Å²) in [6.45, 7) is 10.3. The van der Waals surface area contributed by atoms with Gasteiger partial charge in [-0.15, -0.1) is 0 Å². The van der Waals surface area contributed by atoms with E-state index in [0.29, 0.717) is 11.5 Å². The Morgan fingerprint density at radius 2 is 2.12 bits per heavy atom. The molecule has 0 atom stereocenters. The van der Waals surface area contributed by atoms with Gasteiger partial charge in [0.05, 0.1) is 0 Å². The standard InChI is InChI=1S/C13H17NO2Si/c1-11(16-17(2,3)4)12-6-5-7-13(10-12)15-9-8-14/h5-7,10H,1,9H2,2-4H3. The third kappa shape index (κ3) is 4.75. The molecule has 0 unspecified atom stereocenters. The molecule has 0 aliphatic rings. The van der Waals surface area contributed by atoms with Gasteiger partial charge in [0.2, 0.25) is 8.32 Å². The summed E-state index contributed by atoms with van der Waals surface area (Å²) in [5.41, 5.74) is 0.892. The molecule has 90 valence electrons. The lowest BCUT2D eigenvalue weighted by Crippen LogP contribution is -2.24. The molecule has 0 heterocycles. The van der Waals surface area contributed by atoms with Crippen LogP contribution in [-0.4, -0.2) is 14.9 Å². The smallest absolute Gasteiger partial charge is 0.242 e. The Balaban J connectivity index is 2.78. The number of hydrogen-bond donors (Lipinski definition) is 0. The Kier molecular flexibility index (Phi) is 4.35. The van der Waals surface area contributed by atoms with Crippen LogP contribution in [0.1, 0.15) is 5.56 Å². The Morgan fingerprint density at radius 3 is 2.71 bits per heavy atom. The maximum Gasteiger partial charge on any atom is 0.242 e. The van der Waals surface area contributed by atoms with Crippen LogP contribution in [0, 0.1) is 11.3 Å². The molecule has 0 fully saturated rings. The molecule has 0 saturated carbocycles. The number of nitriles is 1. The Labute approximate surface area is 103 Å². The van der Waals surface area contributed by atoms with E-state index in [0.717, 1.165) is 5.56 Å². The van der Waals surface area contributed by atoms with Crippen molar-refractivity contribution in [3.05, 3.63) is 36.4 Å². The van der Waals surface area contributed by atoms with E-state index >= 15 is 0 Å². The topological polar surface area (TPSA) is 42.2 Å². The van der Waals surface area contributed by atoms with E-state index < -0.39 is 8.32 Å². The van der Waals surface area contributed by atoms with Crippen LogP contribution >= 0.6 is 0 Å². The van der Waals surface area contributed by atoms with E-state index in [1.54, 1.807) is 0 Å². The molecule has 3 nitrogen and oxygen atoms in total. The minimum atomic E-state index is -1.64. The van der Waals surface area contributed by atoms with E-state index in [1.165, 1.54) is 0 Å². The summed E-state index contributed by atoms with van der Waals surface area (Å²) in [5, 5.41) is 8.45. The summed E-state index contributed by atoms with van der Waals surface area (Å²) in [7, 11) is -1.64. The molecule has 0 radical (unpaired) electrons. The zero-order chi connectivity index (χ0) is 12.9. The molecule has 0 aliphatic carbocycles. The van der Waals surface area contributed by atoms with Crippen LogP contribution in [0.4, 0.5) is 0 Å². The van der Waals surface area contributed by atoms with Crippen molar-refractivity contribution >= 4 is 14.1 Å². The summed E-state index contributed by atoms with van der Waals surface area (Å²) in [6.07, 6.45) is 0. The van der Waals surface area contributed by atoms with Crippen LogP contribution in [0.25, 0.3) is 5.76 Å². The van der Waals surface area contributed by atoms with Crippen molar-refractivity contribution in [2.24, 2.45) is 0 Å². The maximum atomic E-state index is 8.45. The maximum absolute atomic E-state index is 8.45. The molecule has 0 aromatic heterocycles. The van der Waals surface area contributed by atoms with Gasteiger partial charge in [0.1, 0.15) is 17.6 Å². The number of hydrogen-bond acceptors (Lipinski definition) is 3. The molecule has 17 heavy (non-hydrogen) atoms. The fourth-order valence-electron chi connectivity index (χ4n) is 1.30. The first-order valence-corrected chi connectivity index (χ1v) is 8.81. The Morgan fingerprint density at radius 1 is 1.41 bits per heavy atom. The van der Waals surface area contributed by atoms with Crippen molar-refractivity contribution < 1.29 is 9.16 Å². The highest BCUT2D eigenvalue weighted by Crippen LogP contribution is 2.22. The third-order valence-electron chi connectivity index (χ3n) is 1.89. The molecule has 0 spiro atoms. The van der Waals surface area contributed by atoms with Crippen LogP contribution in [0.2, 0.25) is 19.6 Å². The second-order valence-corrected chi connectivity index (χ2v) is 9.04. The number of rotatable bonds is 5. The number of benzene rings is 1. The fraction of sp³-hybridized carbons (Fsp3) is 0.308. The van der Waals surface area contributed by atoms with E-state index in [9.17, 15) is 0 Å². The van der Waals surface area contributed by atoms with Gasteiger partial charge >= 0.3 is 0 Å². The van der Waals surface area contributed by atoms with Gasteiger partial charge in [0.25, 0.3) is 0 Å². The highest BCUT2D eigenvalue weighted by molar-refractivity contribution is 6.70. The van der Waals surface area contributed by atoms with E-state index in [4.69, 9.17) is 14.4 Å². The average molecular weight is 247 g/mol. The zero-order valence-electron chi connectivity index (χ0n) is 10.5. The summed E-state index contributed by atoms with van der Waals surface area (Å²) in [6, 6.07) is 9.36. The van der Waals surface area contributed by atoms with Crippen molar-refractivity contribution in [1.82, 2.24) is 0 Å². The van der Waals surface area contributed by atoms with Gasteiger partial charge in [-0.1, -0.05) is 18.7 Å². The van der Waals surface area contributed by atoms with Crippen LogP contribution in [0.3, 0.4) is 0 Å². The van der Waals surface area contributed by atoms with Gasteiger partial charge in [-0.3, -0.25) is 0 Å². The highest BCUT2D eigenvalue weighted by Gasteiger charge is 2.17. The number of nitrogens with zero attached hydrogens (tertiary/aromatic N) is 1. The lowest BCUT2D eigenvalue weighted by Gasteiger charge is -2.21. The van der Waals surface area contributed by atoms with E-state index in [2.05, 4.69) is 26.2 Å². The normalized spacial score (nSPS) is 10.5. The average Bonchev–Trinajstić information content (AvgIpc) is 2.24. The lowest BCUT2D eigenvalue weighted by molar-refractivity contribution is 0.368. The first kappa shape index (κ1) is 13.3. The first-order valence-electron chi connectivity index (χ1n) is 5.40. The van der Waals surface area contributed by atoms with Crippen molar-refractivity contribution in [2.45, 2.75) is 19.6 Å². The quantitative estimate of drug-likeness (QED) is 0.591. The van der Waals surface area contributed by atoms with Gasteiger partial charge in [0, 0.05) is 5.56 Å². The molecule has 1 aromatic carbocycles. The van der Waals surface area contributed by atoms with Crippen LogP contribution in [0.15, 0.2) is 30.8 Å². The molecule has 1 rings (SSSR count). The second kappa shape index (κ2) is 5.55. The lowest BCUT2D eigenvalue weighted by atomic mass is 10.2. The molecule has 0 amide bonds. The molecule has 0 aliphatic heterocycles. The molecule has 4 heteroatoms. The molecular formula is C13H17NO2Si. The van der Waals surface area contributed by atoms with Crippen LogP contribution in [0.5, 0.6) is 5.75 Å². The van der Waals surface area contributed by atoms with Crippen molar-refractivity contribution in [3.63, 3.8) is 0 Å². The minimum Gasteiger partial charge on any atom is -0.544 e. The van der Waals surface area contributed by atoms with Crippen molar-refractivity contribution in [3.8, 4) is 11.8 Å². The second-order valence-electron chi connectivity index (χ2n) is 4.61. The summed E-state index contributed by atoms with van der Waals surface area (Å²) in [4.78, 5) is 0. The highest BCUT2D eigenvalue weighted by atomic mass is 28.4. The van der Waals surface area contributed by atoms with Gasteiger partial charge in [0.15, 0.2) is 6.61 Å². The fourth-order valence-corrected chi connectivity index (χ4v) is 2.16. The summed E-state index contributed by atoms with van der Waals surface area (Å²) in [5.74, 6) is 1.32. The Bertz CT molecular complexity index is 443. The molecule has 0 saturated heterocycles. The molecule has 1 aromatic rings. The predicted molar refractivity (Wildman–Crippen MR) is 71.0 cm³/mol. The van der Waals surface area contributed by atoms with Crippen molar-refractivity contribution in [1.29, 1.82) is 5.26 Å².